The molecule has 1 aromatic heterocycles. The molecule has 1 aromatic carbocycles. The van der Waals surface area contributed by atoms with E-state index in [4.69, 9.17) is 0 Å². The van der Waals surface area contributed by atoms with Gasteiger partial charge in [0.25, 0.3) is 5.91 Å². The largest absolute Gasteiger partial charge is 0.387 e. The molecule has 6 heteroatoms. The van der Waals surface area contributed by atoms with Gasteiger partial charge in [0.15, 0.2) is 0 Å². The molecule has 132 valence electrons. The summed E-state index contributed by atoms with van der Waals surface area (Å²) in [5, 5.41) is 12.9. The number of anilines is 1. The highest BCUT2D eigenvalue weighted by Gasteiger charge is 2.20. The third kappa shape index (κ3) is 4.33. The van der Waals surface area contributed by atoms with Crippen LogP contribution in [0.2, 0.25) is 0 Å². The number of carbonyl (C=O) groups excluding carboxylic acids is 1. The Balaban J connectivity index is 1.66. The molecule has 1 saturated heterocycles. The zero-order chi connectivity index (χ0) is 17.6. The Labute approximate surface area is 146 Å². The van der Waals surface area contributed by atoms with Crippen molar-refractivity contribution >= 4 is 11.7 Å². The lowest BCUT2D eigenvalue weighted by molar-refractivity contribution is 0.0916. The van der Waals surface area contributed by atoms with E-state index in [0.29, 0.717) is 16.9 Å². The smallest absolute Gasteiger partial charge is 0.255 e. The first-order valence-electron chi connectivity index (χ1n) is 8.57. The number of carbonyl (C=O) groups is 1. The van der Waals surface area contributed by atoms with Gasteiger partial charge in [-0.05, 0) is 49.1 Å². The van der Waals surface area contributed by atoms with E-state index in [1.165, 1.54) is 30.7 Å². The maximum atomic E-state index is 12.9. The molecule has 5 nitrogen and oxygen atoms in total. The molecule has 1 atom stereocenters. The molecule has 1 unspecified atom stereocenters. The average Bonchev–Trinajstić information content (AvgIpc) is 2.67. The SMILES string of the molecule is O=C(NCC(O)c1ccc(F)cc1)c1cccnc1N1CCCCC1. The monoisotopic (exact) mass is 343 g/mol. The van der Waals surface area contributed by atoms with Crippen LogP contribution in [0.4, 0.5) is 10.2 Å². The Kier molecular flexibility index (Phi) is 5.60. The minimum atomic E-state index is -0.889. The summed E-state index contributed by atoms with van der Waals surface area (Å²) >= 11 is 0. The van der Waals surface area contributed by atoms with Crippen LogP contribution in [-0.2, 0) is 0 Å². The van der Waals surface area contributed by atoms with Crippen LogP contribution in [0.5, 0.6) is 0 Å². The van der Waals surface area contributed by atoms with Gasteiger partial charge in [-0.3, -0.25) is 4.79 Å². The van der Waals surface area contributed by atoms with Crippen LogP contribution in [0.25, 0.3) is 0 Å². The second-order valence-electron chi connectivity index (χ2n) is 6.20. The van der Waals surface area contributed by atoms with Crippen molar-refractivity contribution in [1.82, 2.24) is 10.3 Å². The fraction of sp³-hybridized carbons (Fsp3) is 0.368. The number of pyridine rings is 1. The van der Waals surface area contributed by atoms with Crippen molar-refractivity contribution in [2.24, 2.45) is 0 Å². The predicted molar refractivity (Wildman–Crippen MR) is 94.0 cm³/mol. The van der Waals surface area contributed by atoms with Gasteiger partial charge in [-0.25, -0.2) is 9.37 Å². The molecule has 1 aliphatic heterocycles. The summed E-state index contributed by atoms with van der Waals surface area (Å²) < 4.78 is 12.9. The molecule has 0 spiro atoms. The summed E-state index contributed by atoms with van der Waals surface area (Å²) in [6.07, 6.45) is 4.20. The molecule has 0 bridgehead atoms. The van der Waals surface area contributed by atoms with Gasteiger partial charge in [0.05, 0.1) is 11.7 Å². The van der Waals surface area contributed by atoms with Crippen LogP contribution in [0.15, 0.2) is 42.6 Å². The Morgan fingerprint density at radius 2 is 1.92 bits per heavy atom. The number of amides is 1. The van der Waals surface area contributed by atoms with Gasteiger partial charge >= 0.3 is 0 Å². The van der Waals surface area contributed by atoms with E-state index in [0.717, 1.165) is 25.9 Å². The van der Waals surface area contributed by atoms with Gasteiger partial charge in [-0.15, -0.1) is 0 Å². The highest BCUT2D eigenvalue weighted by molar-refractivity contribution is 5.98. The van der Waals surface area contributed by atoms with Crippen LogP contribution in [0.3, 0.4) is 0 Å². The van der Waals surface area contributed by atoms with E-state index in [1.54, 1.807) is 18.3 Å². The first kappa shape index (κ1) is 17.4. The van der Waals surface area contributed by atoms with E-state index in [-0.39, 0.29) is 18.3 Å². The van der Waals surface area contributed by atoms with Crippen LogP contribution < -0.4 is 10.2 Å². The molecule has 2 aromatic rings. The quantitative estimate of drug-likeness (QED) is 0.876. The number of hydrogen-bond acceptors (Lipinski definition) is 4. The summed E-state index contributed by atoms with van der Waals surface area (Å²) in [6, 6.07) is 9.08. The summed E-state index contributed by atoms with van der Waals surface area (Å²) in [7, 11) is 0. The van der Waals surface area contributed by atoms with Gasteiger partial charge in [0, 0.05) is 25.8 Å². The maximum Gasteiger partial charge on any atom is 0.255 e. The lowest BCUT2D eigenvalue weighted by Gasteiger charge is -2.29. The van der Waals surface area contributed by atoms with E-state index in [9.17, 15) is 14.3 Å². The number of aliphatic hydroxyl groups is 1. The Hall–Kier alpha value is -2.47. The molecule has 1 amide bonds. The lowest BCUT2D eigenvalue weighted by Crippen LogP contribution is -2.34. The van der Waals surface area contributed by atoms with Gasteiger partial charge < -0.3 is 15.3 Å². The lowest BCUT2D eigenvalue weighted by atomic mass is 10.1. The van der Waals surface area contributed by atoms with Gasteiger partial charge in [-0.2, -0.15) is 0 Å². The van der Waals surface area contributed by atoms with E-state index >= 15 is 0 Å². The Morgan fingerprint density at radius 1 is 1.20 bits per heavy atom. The third-order valence-corrected chi connectivity index (χ3v) is 4.40. The summed E-state index contributed by atoms with van der Waals surface area (Å²) in [5.41, 5.74) is 1.07. The summed E-state index contributed by atoms with van der Waals surface area (Å²) in [5.74, 6) is 0.0623. The van der Waals surface area contributed by atoms with E-state index in [2.05, 4.69) is 15.2 Å². The number of aromatic nitrogens is 1. The summed E-state index contributed by atoms with van der Waals surface area (Å²) in [4.78, 5) is 19.1. The molecule has 0 aliphatic carbocycles. The number of piperidine rings is 1. The van der Waals surface area contributed by atoms with E-state index in [1.807, 2.05) is 0 Å². The van der Waals surface area contributed by atoms with Crippen molar-refractivity contribution in [3.63, 3.8) is 0 Å². The highest BCUT2D eigenvalue weighted by Crippen LogP contribution is 2.21. The van der Waals surface area contributed by atoms with Crippen LogP contribution in [-0.4, -0.2) is 35.6 Å². The van der Waals surface area contributed by atoms with Crippen LogP contribution in [0, 0.1) is 5.82 Å². The van der Waals surface area contributed by atoms with Crippen molar-refractivity contribution in [2.75, 3.05) is 24.5 Å². The number of rotatable bonds is 5. The molecule has 0 saturated carbocycles. The standard InChI is InChI=1S/C19H22FN3O2/c20-15-8-6-14(7-9-15)17(24)13-22-19(25)16-5-4-10-21-18(16)23-11-2-1-3-12-23/h4-10,17,24H,1-3,11-13H2,(H,22,25). The Morgan fingerprint density at radius 3 is 2.64 bits per heavy atom. The Bertz CT molecular complexity index is 715. The third-order valence-electron chi connectivity index (χ3n) is 4.40. The maximum absolute atomic E-state index is 12.9. The van der Waals surface area contributed by atoms with Gasteiger partial charge in [0.2, 0.25) is 0 Å². The van der Waals surface area contributed by atoms with E-state index < -0.39 is 6.10 Å². The minimum Gasteiger partial charge on any atom is -0.387 e. The molecule has 25 heavy (non-hydrogen) atoms. The number of aliphatic hydroxyl groups excluding tert-OH is 1. The zero-order valence-electron chi connectivity index (χ0n) is 14.0. The number of hydrogen-bond donors (Lipinski definition) is 2. The molecular weight excluding hydrogens is 321 g/mol. The van der Waals surface area contributed by atoms with Crippen molar-refractivity contribution in [3.05, 3.63) is 59.5 Å². The first-order valence-corrected chi connectivity index (χ1v) is 8.57. The fourth-order valence-corrected chi connectivity index (χ4v) is 3.02. The predicted octanol–water partition coefficient (Wildman–Crippen LogP) is 2.67. The molecule has 3 rings (SSSR count). The average molecular weight is 343 g/mol. The van der Waals surface area contributed by atoms with Crippen molar-refractivity contribution in [3.8, 4) is 0 Å². The minimum absolute atomic E-state index is 0.0544. The molecule has 1 fully saturated rings. The second kappa shape index (κ2) is 8.07. The fourth-order valence-electron chi connectivity index (χ4n) is 3.02. The van der Waals surface area contributed by atoms with Crippen molar-refractivity contribution in [1.29, 1.82) is 0 Å². The van der Waals surface area contributed by atoms with Crippen LogP contribution in [0.1, 0.15) is 41.3 Å². The molecule has 2 N–H and O–H groups in total. The van der Waals surface area contributed by atoms with Crippen molar-refractivity contribution in [2.45, 2.75) is 25.4 Å². The first-order chi connectivity index (χ1) is 12.1. The van der Waals surface area contributed by atoms with Gasteiger partial charge in [-0.1, -0.05) is 12.1 Å². The summed E-state index contributed by atoms with van der Waals surface area (Å²) in [6.45, 7) is 1.85. The zero-order valence-corrected chi connectivity index (χ0v) is 14.0. The van der Waals surface area contributed by atoms with Gasteiger partial charge in [0.1, 0.15) is 11.6 Å². The number of benzene rings is 1. The van der Waals surface area contributed by atoms with Crippen molar-refractivity contribution < 1.29 is 14.3 Å². The molecule has 2 heterocycles. The molecule has 1 aliphatic rings. The number of nitrogens with zero attached hydrogens (tertiary/aromatic N) is 2. The second-order valence-corrected chi connectivity index (χ2v) is 6.20. The normalized spacial score (nSPS) is 15.7. The number of halogens is 1. The molecular formula is C19H22FN3O2. The van der Waals surface area contributed by atoms with Crippen LogP contribution >= 0.6 is 0 Å². The number of nitrogens with one attached hydrogen (secondary N) is 1. The topological polar surface area (TPSA) is 65.5 Å². The highest BCUT2D eigenvalue weighted by atomic mass is 19.1. The molecule has 0 radical (unpaired) electrons.